The molecule has 0 aliphatic rings. The number of aromatic nitrogens is 2. The molecule has 0 saturated heterocycles. The molecule has 0 aliphatic heterocycles. The van der Waals surface area contributed by atoms with Gasteiger partial charge >= 0.3 is 6.01 Å². The van der Waals surface area contributed by atoms with E-state index >= 15 is 0 Å². The Kier molecular flexibility index (Phi) is 9.35. The van der Waals surface area contributed by atoms with Crippen LogP contribution in [0.5, 0.6) is 5.75 Å². The molecule has 3 rings (SSSR count). The van der Waals surface area contributed by atoms with Crippen molar-refractivity contribution in [3.05, 3.63) is 83.8 Å². The topological polar surface area (TPSA) is 203 Å². The summed E-state index contributed by atoms with van der Waals surface area (Å²) < 4.78 is 5.60. The van der Waals surface area contributed by atoms with Crippen LogP contribution >= 0.6 is 0 Å². The Morgan fingerprint density at radius 3 is 1.92 bits per heavy atom. The predicted octanol–water partition coefficient (Wildman–Crippen LogP) is 4.34. The zero-order valence-electron chi connectivity index (χ0n) is 20.0. The highest BCUT2D eigenvalue weighted by atomic mass is 16.6. The Balaban J connectivity index is 0.000000261. The summed E-state index contributed by atoms with van der Waals surface area (Å²) in [5, 5.41) is 53.2. The first-order chi connectivity index (χ1) is 16.9. The fraction of sp³-hybridized carbons (Fsp3) is 0.364. The number of nitrogens with zero attached hydrogens (tertiary/aromatic N) is 5. The molecular weight excluding hydrogens is 476 g/mol. The van der Waals surface area contributed by atoms with Crippen LogP contribution in [0.15, 0.2) is 40.8 Å². The summed E-state index contributed by atoms with van der Waals surface area (Å²) in [6, 6.07) is 9.94. The van der Waals surface area contributed by atoms with E-state index in [0.717, 1.165) is 13.0 Å². The molecule has 0 radical (unpaired) electrons. The maximum atomic E-state index is 11.1. The maximum absolute atomic E-state index is 11.1. The second-order valence-electron chi connectivity index (χ2n) is 8.12. The van der Waals surface area contributed by atoms with Gasteiger partial charge < -0.3 is 14.8 Å². The molecule has 1 unspecified atom stereocenters. The Labute approximate surface area is 205 Å². The van der Waals surface area contributed by atoms with Crippen LogP contribution in [0.3, 0.4) is 0 Å². The first-order valence-corrected chi connectivity index (χ1v) is 10.9. The largest absolute Gasteiger partial charge is 0.863 e. The first-order valence-electron chi connectivity index (χ1n) is 10.9. The fourth-order valence-corrected chi connectivity index (χ4v) is 3.15. The van der Waals surface area contributed by atoms with Crippen LogP contribution in [0.2, 0.25) is 0 Å². The van der Waals surface area contributed by atoms with Crippen LogP contribution in [0.1, 0.15) is 50.6 Å². The molecule has 14 heteroatoms. The normalized spacial score (nSPS) is 11.4. The molecule has 0 aliphatic carbocycles. The molecule has 2 aromatic carbocycles. The van der Waals surface area contributed by atoms with E-state index in [-0.39, 0.29) is 5.92 Å². The molecule has 14 nitrogen and oxygen atoms in total. The van der Waals surface area contributed by atoms with Gasteiger partial charge in [-0.3, -0.25) is 30.3 Å². The van der Waals surface area contributed by atoms with E-state index in [9.17, 15) is 35.4 Å². The van der Waals surface area contributed by atoms with Crippen LogP contribution < -0.4 is 10.4 Å². The minimum absolute atomic E-state index is 0.114. The Hall–Kier alpha value is -4.62. The minimum Gasteiger partial charge on any atom is -0.863 e. The molecule has 1 heterocycles. The molecule has 3 aromatic rings. The summed E-state index contributed by atoms with van der Waals surface area (Å²) in [5.74, 6) is -0.0157. The molecule has 0 saturated carbocycles. The molecule has 1 aromatic heterocycles. The van der Waals surface area contributed by atoms with Crippen molar-refractivity contribution in [2.24, 2.45) is 5.92 Å². The summed E-state index contributed by atoms with van der Waals surface area (Å²) in [6.07, 6.45) is 1.11. The lowest BCUT2D eigenvalue weighted by molar-refractivity contribution is -0.420. The van der Waals surface area contributed by atoms with Crippen molar-refractivity contribution < 1.29 is 24.3 Å². The average molecular weight is 501 g/mol. The van der Waals surface area contributed by atoms with Gasteiger partial charge in [-0.15, -0.1) is 5.10 Å². The smallest absolute Gasteiger partial charge is 0.315 e. The Bertz CT molecular complexity index is 1190. The number of hydrogen-bond acceptors (Lipinski definition) is 11. The second-order valence-corrected chi connectivity index (χ2v) is 8.12. The molecule has 36 heavy (non-hydrogen) atoms. The maximum Gasteiger partial charge on any atom is 0.315 e. The number of non-ortho nitro benzene ring substituents is 1. The SMILES string of the molecule is CCNc1nnc(C(C)c2ccc(CC(C)C)cc2)o1.O=[N+]([O-])c1cc([N+](=O)[O-])c([O-])c([N+](=O)[O-])c1. The van der Waals surface area contributed by atoms with Crippen molar-refractivity contribution in [1.29, 1.82) is 0 Å². The Morgan fingerprint density at radius 2 is 1.47 bits per heavy atom. The fourth-order valence-electron chi connectivity index (χ4n) is 3.15. The van der Waals surface area contributed by atoms with E-state index in [1.54, 1.807) is 0 Å². The predicted molar refractivity (Wildman–Crippen MR) is 127 cm³/mol. The van der Waals surface area contributed by atoms with Gasteiger partial charge in [0, 0.05) is 6.54 Å². The summed E-state index contributed by atoms with van der Waals surface area (Å²) in [5.41, 5.74) is -0.696. The number of nitrogens with one attached hydrogen (secondary N) is 1. The number of nitro benzene ring substituents is 3. The van der Waals surface area contributed by atoms with Gasteiger partial charge in [-0.1, -0.05) is 43.2 Å². The monoisotopic (exact) mass is 501 g/mol. The van der Waals surface area contributed by atoms with Gasteiger partial charge in [0.15, 0.2) is 0 Å². The minimum atomic E-state index is -1.46. The number of hydrogen-bond donors (Lipinski definition) is 1. The number of rotatable bonds is 9. The van der Waals surface area contributed by atoms with E-state index in [1.807, 2.05) is 6.92 Å². The zero-order chi connectivity index (χ0) is 27.0. The van der Waals surface area contributed by atoms with Crippen LogP contribution in [-0.2, 0) is 6.42 Å². The lowest BCUT2D eigenvalue weighted by atomic mass is 9.97. The summed E-state index contributed by atoms with van der Waals surface area (Å²) >= 11 is 0. The van der Waals surface area contributed by atoms with Gasteiger partial charge in [-0.2, -0.15) is 0 Å². The molecule has 1 N–H and O–H groups in total. The lowest BCUT2D eigenvalue weighted by Gasteiger charge is -2.09. The van der Waals surface area contributed by atoms with Crippen molar-refractivity contribution in [1.82, 2.24) is 10.2 Å². The van der Waals surface area contributed by atoms with Gasteiger partial charge in [-0.05, 0) is 37.3 Å². The van der Waals surface area contributed by atoms with Crippen molar-refractivity contribution in [2.75, 3.05) is 11.9 Å². The molecule has 1 atom stereocenters. The second kappa shape index (κ2) is 12.2. The van der Waals surface area contributed by atoms with Crippen molar-refractivity contribution in [3.8, 4) is 5.75 Å². The van der Waals surface area contributed by atoms with Crippen LogP contribution in [0.25, 0.3) is 0 Å². The first kappa shape index (κ1) is 27.6. The quantitative estimate of drug-likeness (QED) is 0.322. The van der Waals surface area contributed by atoms with Crippen molar-refractivity contribution in [2.45, 2.75) is 40.0 Å². The zero-order valence-corrected chi connectivity index (χ0v) is 20.0. The van der Waals surface area contributed by atoms with Crippen LogP contribution in [0.4, 0.5) is 23.1 Å². The van der Waals surface area contributed by atoms with Crippen LogP contribution in [-0.4, -0.2) is 31.5 Å². The van der Waals surface area contributed by atoms with Gasteiger partial charge in [-0.25, -0.2) is 0 Å². The highest BCUT2D eigenvalue weighted by Gasteiger charge is 2.24. The van der Waals surface area contributed by atoms with Gasteiger partial charge in [0.05, 0.1) is 38.6 Å². The van der Waals surface area contributed by atoms with Crippen molar-refractivity contribution in [3.63, 3.8) is 0 Å². The van der Waals surface area contributed by atoms with Gasteiger partial charge in [0.2, 0.25) is 5.89 Å². The van der Waals surface area contributed by atoms with E-state index in [2.05, 4.69) is 60.6 Å². The lowest BCUT2D eigenvalue weighted by Crippen LogP contribution is -2.04. The van der Waals surface area contributed by atoms with E-state index in [0.29, 0.717) is 30.0 Å². The third-order valence-electron chi connectivity index (χ3n) is 4.90. The van der Waals surface area contributed by atoms with Gasteiger partial charge in [0.25, 0.3) is 17.1 Å². The molecule has 0 fully saturated rings. The van der Waals surface area contributed by atoms with Gasteiger partial charge in [0.1, 0.15) is 0 Å². The standard InChI is InChI=1S/C16H23N3O.C6H3N3O7/c1-5-17-16-19-18-15(20-16)12(4)14-8-6-13(7-9-14)10-11(2)3;10-6-4(8(13)14)1-3(7(11)12)2-5(6)9(15)16/h6-9,11-12H,5,10H2,1-4H3,(H,17,19);1-2,10H/p-1. The number of anilines is 1. The van der Waals surface area contributed by atoms with E-state index < -0.39 is 37.6 Å². The summed E-state index contributed by atoms with van der Waals surface area (Å²) in [6.45, 7) is 9.33. The Morgan fingerprint density at radius 1 is 0.917 bits per heavy atom. The molecule has 0 bridgehead atoms. The summed E-state index contributed by atoms with van der Waals surface area (Å²) in [4.78, 5) is 27.5. The molecule has 192 valence electrons. The van der Waals surface area contributed by atoms with E-state index in [1.165, 1.54) is 11.1 Å². The number of benzene rings is 2. The van der Waals surface area contributed by atoms with E-state index in [4.69, 9.17) is 4.42 Å². The molecular formula is C22H25N6O8-. The third-order valence-corrected chi connectivity index (χ3v) is 4.90. The molecule has 0 spiro atoms. The van der Waals surface area contributed by atoms with Crippen LogP contribution in [0, 0.1) is 36.3 Å². The number of nitro groups is 3. The third kappa shape index (κ3) is 7.19. The summed E-state index contributed by atoms with van der Waals surface area (Å²) in [7, 11) is 0. The highest BCUT2D eigenvalue weighted by molar-refractivity contribution is 5.64. The average Bonchev–Trinajstić information content (AvgIpc) is 3.27. The highest BCUT2D eigenvalue weighted by Crippen LogP contribution is 2.36. The van der Waals surface area contributed by atoms with Crippen molar-refractivity contribution >= 4 is 23.1 Å². The molecule has 0 amide bonds.